The molecule has 39 heavy (non-hydrogen) atoms. The average molecular weight is 580 g/mol. The number of hydrogen-bond donors (Lipinski definition) is 1. The lowest BCUT2D eigenvalue weighted by atomic mass is 10.0. The standard InChI is InChI=1S/C28H32Cl2FN3O5/c1-17-12-22(36)23-25(34(17)24-18(15-32)13-19(31)14-20(24)29)21(30)16-33-26(23)37-9-6-27(2,3)38-10-7-28(4,5)39-11-8-35/h12-14,16,35H,6-11H2,1-5H3. The lowest BCUT2D eigenvalue weighted by molar-refractivity contribution is -0.0821. The van der Waals surface area contributed by atoms with Gasteiger partial charge in [0.15, 0.2) is 5.43 Å². The van der Waals surface area contributed by atoms with Crippen LogP contribution in [0.2, 0.25) is 10.0 Å². The zero-order valence-electron chi connectivity index (χ0n) is 22.6. The second kappa shape index (κ2) is 12.6. The van der Waals surface area contributed by atoms with Gasteiger partial charge in [-0.1, -0.05) is 23.2 Å². The fraction of sp³-hybridized carbons (Fsp3) is 0.464. The minimum absolute atomic E-state index is 0.0150. The molecule has 210 valence electrons. The predicted molar refractivity (Wildman–Crippen MR) is 149 cm³/mol. The van der Waals surface area contributed by atoms with Gasteiger partial charge in [-0.25, -0.2) is 9.37 Å². The lowest BCUT2D eigenvalue weighted by Gasteiger charge is -2.29. The number of aryl methyl sites for hydroxylation is 1. The summed E-state index contributed by atoms with van der Waals surface area (Å²) in [4.78, 5) is 17.4. The first-order valence-corrected chi connectivity index (χ1v) is 13.2. The Bertz CT molecular complexity index is 1450. The van der Waals surface area contributed by atoms with Crippen LogP contribution < -0.4 is 10.2 Å². The first kappa shape index (κ1) is 30.8. The zero-order valence-corrected chi connectivity index (χ0v) is 24.1. The van der Waals surface area contributed by atoms with Gasteiger partial charge in [-0.15, -0.1) is 0 Å². The third-order valence-corrected chi connectivity index (χ3v) is 6.80. The summed E-state index contributed by atoms with van der Waals surface area (Å²) in [6.45, 7) is 10.3. The van der Waals surface area contributed by atoms with E-state index < -0.39 is 17.0 Å². The summed E-state index contributed by atoms with van der Waals surface area (Å²) in [5.41, 5.74) is -0.488. The topological polar surface area (TPSA) is 107 Å². The van der Waals surface area contributed by atoms with Gasteiger partial charge >= 0.3 is 0 Å². The fourth-order valence-corrected chi connectivity index (χ4v) is 4.63. The van der Waals surface area contributed by atoms with Crippen molar-refractivity contribution >= 4 is 34.1 Å². The molecule has 0 atom stereocenters. The number of aromatic nitrogens is 2. The van der Waals surface area contributed by atoms with Crippen molar-refractivity contribution in [2.45, 2.75) is 58.7 Å². The number of benzene rings is 1. The maximum absolute atomic E-state index is 14.0. The Kier molecular flexibility index (Phi) is 9.97. The van der Waals surface area contributed by atoms with Gasteiger partial charge in [-0.05, 0) is 53.2 Å². The van der Waals surface area contributed by atoms with Gasteiger partial charge in [-0.3, -0.25) is 4.79 Å². The molecule has 3 rings (SSSR count). The van der Waals surface area contributed by atoms with Crippen molar-refractivity contribution in [3.8, 4) is 17.6 Å². The van der Waals surface area contributed by atoms with Crippen LogP contribution in [-0.2, 0) is 9.47 Å². The molecule has 0 aliphatic heterocycles. The predicted octanol–water partition coefficient (Wildman–Crippen LogP) is 5.75. The Morgan fingerprint density at radius 2 is 1.69 bits per heavy atom. The van der Waals surface area contributed by atoms with Crippen LogP contribution in [0.1, 0.15) is 51.8 Å². The maximum atomic E-state index is 14.0. The number of rotatable bonds is 12. The molecular formula is C28H32Cl2FN3O5. The Labute approximate surface area is 236 Å². The molecule has 0 aliphatic rings. The molecular weight excluding hydrogens is 548 g/mol. The summed E-state index contributed by atoms with van der Waals surface area (Å²) in [5, 5.41) is 18.9. The van der Waals surface area contributed by atoms with E-state index in [0.29, 0.717) is 25.1 Å². The zero-order chi connectivity index (χ0) is 29.0. The number of aliphatic hydroxyl groups is 1. The molecule has 1 aromatic carbocycles. The van der Waals surface area contributed by atoms with Crippen LogP contribution in [0.15, 0.2) is 29.2 Å². The van der Waals surface area contributed by atoms with Crippen molar-refractivity contribution in [1.29, 1.82) is 5.26 Å². The smallest absolute Gasteiger partial charge is 0.227 e. The van der Waals surface area contributed by atoms with Crippen molar-refractivity contribution in [2.75, 3.05) is 26.4 Å². The van der Waals surface area contributed by atoms with Crippen molar-refractivity contribution in [3.05, 3.63) is 61.7 Å². The number of nitrogens with zero attached hydrogens (tertiary/aromatic N) is 3. The van der Waals surface area contributed by atoms with Gasteiger partial charge in [0.1, 0.15) is 17.3 Å². The number of fused-ring (bicyclic) bond motifs is 1. The van der Waals surface area contributed by atoms with Crippen LogP contribution in [0, 0.1) is 24.1 Å². The molecule has 0 unspecified atom stereocenters. The molecule has 0 radical (unpaired) electrons. The highest BCUT2D eigenvalue weighted by atomic mass is 35.5. The highest BCUT2D eigenvalue weighted by Gasteiger charge is 2.25. The molecule has 0 aliphatic carbocycles. The molecule has 1 N–H and O–H groups in total. The first-order chi connectivity index (χ1) is 18.3. The Morgan fingerprint density at radius 3 is 2.33 bits per heavy atom. The van der Waals surface area contributed by atoms with E-state index in [9.17, 15) is 14.4 Å². The van der Waals surface area contributed by atoms with Crippen molar-refractivity contribution in [2.24, 2.45) is 0 Å². The quantitative estimate of drug-likeness (QED) is 0.291. The molecule has 11 heteroatoms. The van der Waals surface area contributed by atoms with E-state index >= 15 is 0 Å². The molecule has 0 bridgehead atoms. The van der Waals surface area contributed by atoms with Gasteiger partial charge in [0.05, 0.1) is 70.6 Å². The minimum atomic E-state index is -0.661. The number of nitriles is 1. The third-order valence-electron chi connectivity index (χ3n) is 6.23. The van der Waals surface area contributed by atoms with Crippen molar-refractivity contribution in [3.63, 3.8) is 0 Å². The normalized spacial score (nSPS) is 12.1. The van der Waals surface area contributed by atoms with Gasteiger partial charge in [0.25, 0.3) is 0 Å². The molecule has 3 aromatic rings. The largest absolute Gasteiger partial charge is 0.477 e. The van der Waals surface area contributed by atoms with E-state index in [2.05, 4.69) is 4.98 Å². The van der Waals surface area contributed by atoms with Crippen LogP contribution in [0.4, 0.5) is 4.39 Å². The Balaban J connectivity index is 1.88. The second-order valence-electron chi connectivity index (χ2n) is 10.3. The highest BCUT2D eigenvalue weighted by Crippen LogP contribution is 2.34. The van der Waals surface area contributed by atoms with Gasteiger partial charge in [0.2, 0.25) is 5.88 Å². The average Bonchev–Trinajstić information content (AvgIpc) is 2.84. The van der Waals surface area contributed by atoms with Crippen LogP contribution >= 0.6 is 23.2 Å². The number of aliphatic hydroxyl groups excluding tert-OH is 1. The van der Waals surface area contributed by atoms with E-state index in [1.807, 2.05) is 33.8 Å². The minimum Gasteiger partial charge on any atom is -0.477 e. The third kappa shape index (κ3) is 7.47. The SMILES string of the molecule is Cc1cc(=O)c2c(OCCC(C)(C)OCCC(C)(C)OCCO)ncc(Cl)c2n1-c1c(Cl)cc(F)cc1C#N. The fourth-order valence-electron chi connectivity index (χ4n) is 4.11. The summed E-state index contributed by atoms with van der Waals surface area (Å²) in [5.74, 6) is -0.592. The van der Waals surface area contributed by atoms with Crippen LogP contribution in [0.25, 0.3) is 16.6 Å². The molecule has 0 amide bonds. The van der Waals surface area contributed by atoms with Crippen molar-refractivity contribution < 1.29 is 23.7 Å². The Morgan fingerprint density at radius 1 is 1.05 bits per heavy atom. The summed E-state index contributed by atoms with van der Waals surface area (Å²) in [6.07, 6.45) is 2.48. The molecule has 0 spiro atoms. The summed E-state index contributed by atoms with van der Waals surface area (Å²) < 4.78 is 33.1. The van der Waals surface area contributed by atoms with E-state index in [0.717, 1.165) is 12.1 Å². The summed E-state index contributed by atoms with van der Waals surface area (Å²) >= 11 is 12.9. The maximum Gasteiger partial charge on any atom is 0.227 e. The first-order valence-electron chi connectivity index (χ1n) is 12.4. The number of ether oxygens (including phenoxy) is 3. The number of halogens is 3. The summed E-state index contributed by atoms with van der Waals surface area (Å²) in [6, 6.07) is 5.48. The van der Waals surface area contributed by atoms with E-state index in [4.69, 9.17) is 42.5 Å². The van der Waals surface area contributed by atoms with Gasteiger partial charge in [-0.2, -0.15) is 5.26 Å². The van der Waals surface area contributed by atoms with Gasteiger partial charge < -0.3 is 23.9 Å². The van der Waals surface area contributed by atoms with Crippen LogP contribution in [-0.4, -0.2) is 52.3 Å². The van der Waals surface area contributed by atoms with Gasteiger partial charge in [0, 0.05) is 18.2 Å². The summed E-state index contributed by atoms with van der Waals surface area (Å²) in [7, 11) is 0. The molecule has 2 aromatic heterocycles. The van der Waals surface area contributed by atoms with E-state index in [1.54, 1.807) is 11.5 Å². The molecule has 0 saturated carbocycles. The Hall–Kier alpha value is -2.74. The molecule has 8 nitrogen and oxygen atoms in total. The molecule has 0 fully saturated rings. The molecule has 2 heterocycles. The monoisotopic (exact) mass is 579 g/mol. The number of hydrogen-bond acceptors (Lipinski definition) is 7. The number of pyridine rings is 2. The highest BCUT2D eigenvalue weighted by molar-refractivity contribution is 6.35. The van der Waals surface area contributed by atoms with Crippen molar-refractivity contribution in [1.82, 2.24) is 9.55 Å². The van der Waals surface area contributed by atoms with Crippen LogP contribution in [0.3, 0.4) is 0 Å². The molecule has 0 saturated heterocycles. The van der Waals surface area contributed by atoms with E-state index in [-0.39, 0.29) is 63.3 Å². The van der Waals surface area contributed by atoms with Crippen LogP contribution in [0.5, 0.6) is 5.88 Å². The van der Waals surface area contributed by atoms with E-state index in [1.165, 1.54) is 12.3 Å². The second-order valence-corrected chi connectivity index (χ2v) is 11.1. The lowest BCUT2D eigenvalue weighted by Crippen LogP contribution is -2.32.